The number of aromatic nitrogens is 2. The largest absolute Gasteiger partial charge is 0.268 e. The summed E-state index contributed by atoms with van der Waals surface area (Å²) in [7, 11) is 1.63. The predicted molar refractivity (Wildman–Crippen MR) is 66.6 cm³/mol. The Morgan fingerprint density at radius 2 is 2.11 bits per heavy atom. The van der Waals surface area contributed by atoms with E-state index >= 15 is 0 Å². The molecule has 1 aromatic rings. The van der Waals surface area contributed by atoms with Crippen molar-refractivity contribution in [3.63, 3.8) is 0 Å². The predicted octanol–water partition coefficient (Wildman–Crippen LogP) is 2.12. The molecule has 0 atom stereocenters. The van der Waals surface area contributed by atoms with E-state index in [1.54, 1.807) is 18.5 Å². The molecule has 0 aliphatic heterocycles. The highest BCUT2D eigenvalue weighted by Crippen LogP contribution is 2.50. The van der Waals surface area contributed by atoms with E-state index < -0.39 is 9.05 Å². The van der Waals surface area contributed by atoms with Gasteiger partial charge in [0.25, 0.3) is 9.05 Å². The van der Waals surface area contributed by atoms with Gasteiger partial charge in [-0.05, 0) is 26.7 Å². The van der Waals surface area contributed by atoms with Gasteiger partial charge in [0, 0.05) is 29.1 Å². The highest BCUT2D eigenvalue weighted by atomic mass is 35.7. The SMILES string of the molecule is Cc1nn(CC2(CC#N)CC2)c(C)c1S(=O)(=O)Cl. The van der Waals surface area contributed by atoms with Crippen LogP contribution in [0.2, 0.25) is 0 Å². The first-order valence-electron chi connectivity index (χ1n) is 5.65. The third-order valence-corrected chi connectivity index (χ3v) is 5.00. The maximum absolute atomic E-state index is 11.5. The quantitative estimate of drug-likeness (QED) is 0.795. The average Bonchev–Trinajstić information content (AvgIpc) is 2.88. The van der Waals surface area contributed by atoms with Crippen molar-refractivity contribution in [3.05, 3.63) is 11.4 Å². The van der Waals surface area contributed by atoms with Crippen LogP contribution in [0.15, 0.2) is 4.90 Å². The standard InChI is InChI=1S/C11H14ClN3O2S/c1-8-10(18(12,16)17)9(2)15(14-8)7-11(3-4-11)5-6-13/h3-5,7H2,1-2H3. The highest BCUT2D eigenvalue weighted by molar-refractivity contribution is 8.13. The normalized spacial score (nSPS) is 17.4. The van der Waals surface area contributed by atoms with Crippen molar-refractivity contribution in [2.75, 3.05) is 0 Å². The molecule has 0 spiro atoms. The van der Waals surface area contributed by atoms with Crippen LogP contribution in [0.1, 0.15) is 30.7 Å². The molecule has 98 valence electrons. The molecule has 0 aromatic carbocycles. The van der Waals surface area contributed by atoms with Crippen molar-refractivity contribution in [1.82, 2.24) is 9.78 Å². The number of rotatable bonds is 4. The zero-order chi connectivity index (χ0) is 13.6. The number of hydrogen-bond donors (Lipinski definition) is 0. The van der Waals surface area contributed by atoms with Crippen LogP contribution in [-0.2, 0) is 15.6 Å². The van der Waals surface area contributed by atoms with E-state index in [1.165, 1.54) is 0 Å². The molecule has 0 unspecified atom stereocenters. The fraction of sp³-hybridized carbons (Fsp3) is 0.636. The second-order valence-corrected chi connectivity index (χ2v) is 7.43. The third-order valence-electron chi connectivity index (χ3n) is 3.46. The summed E-state index contributed by atoms with van der Waals surface area (Å²) in [5.74, 6) is 0. The van der Waals surface area contributed by atoms with Crippen LogP contribution in [0.3, 0.4) is 0 Å². The second-order valence-electron chi connectivity index (χ2n) is 4.93. The van der Waals surface area contributed by atoms with Gasteiger partial charge in [0.05, 0.1) is 17.5 Å². The first-order chi connectivity index (χ1) is 8.29. The molecular weight excluding hydrogens is 274 g/mol. The molecule has 0 bridgehead atoms. The Hall–Kier alpha value is -1.06. The van der Waals surface area contributed by atoms with E-state index in [0.29, 0.717) is 24.4 Å². The molecule has 1 saturated carbocycles. The van der Waals surface area contributed by atoms with Crippen molar-refractivity contribution in [3.8, 4) is 6.07 Å². The van der Waals surface area contributed by atoms with Crippen LogP contribution >= 0.6 is 10.7 Å². The van der Waals surface area contributed by atoms with Gasteiger partial charge >= 0.3 is 0 Å². The van der Waals surface area contributed by atoms with Gasteiger partial charge in [-0.2, -0.15) is 10.4 Å². The molecule has 1 aliphatic rings. The summed E-state index contributed by atoms with van der Waals surface area (Å²) in [6, 6.07) is 2.18. The van der Waals surface area contributed by atoms with E-state index in [9.17, 15) is 8.42 Å². The monoisotopic (exact) mass is 287 g/mol. The van der Waals surface area contributed by atoms with Crippen molar-refractivity contribution in [2.45, 2.75) is 44.6 Å². The molecular formula is C11H14ClN3O2S. The van der Waals surface area contributed by atoms with Gasteiger partial charge in [-0.3, -0.25) is 4.68 Å². The third kappa shape index (κ3) is 2.38. The van der Waals surface area contributed by atoms with Crippen molar-refractivity contribution in [2.24, 2.45) is 5.41 Å². The van der Waals surface area contributed by atoms with Gasteiger partial charge in [-0.15, -0.1) is 0 Å². The second kappa shape index (κ2) is 4.25. The minimum Gasteiger partial charge on any atom is -0.268 e. The highest BCUT2D eigenvalue weighted by Gasteiger charge is 2.43. The Labute approximate surface area is 111 Å². The van der Waals surface area contributed by atoms with E-state index in [1.807, 2.05) is 0 Å². The lowest BCUT2D eigenvalue weighted by molar-refractivity contribution is 0.397. The molecule has 7 heteroatoms. The molecule has 0 radical (unpaired) electrons. The van der Waals surface area contributed by atoms with Crippen molar-refractivity contribution >= 4 is 19.7 Å². The smallest absolute Gasteiger partial charge is 0.264 e. The van der Waals surface area contributed by atoms with Gasteiger partial charge in [-0.25, -0.2) is 8.42 Å². The van der Waals surface area contributed by atoms with Crippen LogP contribution in [0.4, 0.5) is 0 Å². The van der Waals surface area contributed by atoms with E-state index in [0.717, 1.165) is 12.8 Å². The minimum absolute atomic E-state index is 0.0225. The number of halogens is 1. The summed E-state index contributed by atoms with van der Waals surface area (Å²) < 4.78 is 24.6. The summed E-state index contributed by atoms with van der Waals surface area (Å²) in [5, 5.41) is 13.0. The maximum atomic E-state index is 11.5. The fourth-order valence-corrected chi connectivity index (χ4v) is 3.76. The Bertz CT molecular complexity index is 623. The summed E-state index contributed by atoms with van der Waals surface area (Å²) in [6.45, 7) is 3.90. The Kier molecular flexibility index (Phi) is 3.16. The van der Waals surface area contributed by atoms with Gasteiger partial charge in [0.2, 0.25) is 0 Å². The molecule has 18 heavy (non-hydrogen) atoms. The lowest BCUT2D eigenvalue weighted by Gasteiger charge is -2.12. The number of hydrogen-bond acceptors (Lipinski definition) is 4. The molecule has 0 amide bonds. The van der Waals surface area contributed by atoms with Crippen LogP contribution in [-0.4, -0.2) is 18.2 Å². The summed E-state index contributed by atoms with van der Waals surface area (Å²) in [4.78, 5) is 0.0944. The summed E-state index contributed by atoms with van der Waals surface area (Å²) >= 11 is 0. The number of aryl methyl sites for hydroxylation is 1. The van der Waals surface area contributed by atoms with Crippen LogP contribution in [0.5, 0.6) is 0 Å². The zero-order valence-electron chi connectivity index (χ0n) is 10.3. The first kappa shape index (κ1) is 13.4. The van der Waals surface area contributed by atoms with Gasteiger partial charge in [-0.1, -0.05) is 0 Å². The lowest BCUT2D eigenvalue weighted by Crippen LogP contribution is -2.14. The summed E-state index contributed by atoms with van der Waals surface area (Å²) in [6.07, 6.45) is 2.46. The Balaban J connectivity index is 2.35. The number of nitriles is 1. The molecule has 2 rings (SSSR count). The first-order valence-corrected chi connectivity index (χ1v) is 7.96. The minimum atomic E-state index is -3.77. The van der Waals surface area contributed by atoms with Gasteiger partial charge < -0.3 is 0 Å². The topological polar surface area (TPSA) is 75.8 Å². The Morgan fingerprint density at radius 1 is 1.50 bits per heavy atom. The average molecular weight is 288 g/mol. The van der Waals surface area contributed by atoms with Crippen molar-refractivity contribution in [1.29, 1.82) is 5.26 Å². The number of nitrogens with zero attached hydrogens (tertiary/aromatic N) is 3. The molecule has 5 nitrogen and oxygen atoms in total. The molecule has 1 aliphatic carbocycles. The van der Waals surface area contributed by atoms with Gasteiger partial charge in [0.15, 0.2) is 0 Å². The van der Waals surface area contributed by atoms with Crippen LogP contribution in [0.25, 0.3) is 0 Å². The van der Waals surface area contributed by atoms with E-state index in [4.69, 9.17) is 15.9 Å². The maximum Gasteiger partial charge on any atom is 0.264 e. The molecule has 1 aromatic heterocycles. The van der Waals surface area contributed by atoms with Crippen molar-refractivity contribution < 1.29 is 8.42 Å². The summed E-state index contributed by atoms with van der Waals surface area (Å²) in [5.41, 5.74) is 0.938. The van der Waals surface area contributed by atoms with Gasteiger partial charge in [0.1, 0.15) is 4.90 Å². The molecule has 1 heterocycles. The zero-order valence-corrected chi connectivity index (χ0v) is 11.8. The Morgan fingerprint density at radius 3 is 2.50 bits per heavy atom. The van der Waals surface area contributed by atoms with E-state index in [-0.39, 0.29) is 10.3 Å². The molecule has 0 N–H and O–H groups in total. The molecule has 1 fully saturated rings. The lowest BCUT2D eigenvalue weighted by atomic mass is 10.0. The fourth-order valence-electron chi connectivity index (χ4n) is 2.24. The van der Waals surface area contributed by atoms with Crippen LogP contribution in [0, 0.1) is 30.6 Å². The molecule has 0 saturated heterocycles. The van der Waals surface area contributed by atoms with E-state index in [2.05, 4.69) is 11.2 Å². The van der Waals surface area contributed by atoms with Crippen LogP contribution < -0.4 is 0 Å².